The van der Waals surface area contributed by atoms with Crippen LogP contribution in [-0.4, -0.2) is 43.7 Å². The molecule has 4 nitrogen and oxygen atoms in total. The van der Waals surface area contributed by atoms with Crippen molar-refractivity contribution in [3.63, 3.8) is 0 Å². The third kappa shape index (κ3) is 7.25. The van der Waals surface area contributed by atoms with Crippen molar-refractivity contribution >= 4 is 0 Å². The Labute approximate surface area is 117 Å². The van der Waals surface area contributed by atoms with E-state index >= 15 is 0 Å². The lowest BCUT2D eigenvalue weighted by Gasteiger charge is -2.15. The number of likely N-dealkylation sites (N-methyl/N-ethyl adjacent to an activating group) is 1. The third-order valence-electron chi connectivity index (χ3n) is 2.88. The molecule has 0 unspecified atom stereocenters. The van der Waals surface area contributed by atoms with Gasteiger partial charge in [0.1, 0.15) is 0 Å². The average Bonchev–Trinajstić information content (AvgIpc) is 2.38. The third-order valence-corrected chi connectivity index (χ3v) is 2.88. The minimum atomic E-state index is 0.682. The first-order chi connectivity index (χ1) is 9.11. The molecule has 4 heteroatoms. The van der Waals surface area contributed by atoms with Gasteiger partial charge in [0.15, 0.2) is 0 Å². The molecule has 108 valence electrons. The summed E-state index contributed by atoms with van der Waals surface area (Å²) in [5.41, 5.74) is 2.34. The summed E-state index contributed by atoms with van der Waals surface area (Å²) >= 11 is 0. The van der Waals surface area contributed by atoms with Crippen molar-refractivity contribution in [1.82, 2.24) is 15.2 Å². The first-order valence-corrected chi connectivity index (χ1v) is 6.93. The van der Waals surface area contributed by atoms with Gasteiger partial charge in [-0.05, 0) is 31.1 Å². The molecule has 0 saturated heterocycles. The van der Waals surface area contributed by atoms with Gasteiger partial charge < -0.3 is 10.1 Å². The molecule has 0 aliphatic heterocycles. The van der Waals surface area contributed by atoms with Gasteiger partial charge in [-0.1, -0.05) is 19.9 Å². The van der Waals surface area contributed by atoms with Gasteiger partial charge in [-0.15, -0.1) is 0 Å². The summed E-state index contributed by atoms with van der Waals surface area (Å²) in [5, 5.41) is 3.42. The molecule has 0 radical (unpaired) electrons. The Balaban J connectivity index is 2.34. The predicted octanol–water partition coefficient (Wildman–Crippen LogP) is 1.91. The van der Waals surface area contributed by atoms with Gasteiger partial charge >= 0.3 is 0 Å². The van der Waals surface area contributed by atoms with E-state index in [2.05, 4.69) is 48.2 Å². The standard InChI is InChI=1S/C15H27N3O/c1-13(2)9-16-10-14-5-6-15(17-11-14)12-18(3)7-8-19-4/h5-6,11,13,16H,7-10,12H2,1-4H3. The second kappa shape index (κ2) is 9.02. The SMILES string of the molecule is COCCN(C)Cc1ccc(CNCC(C)C)cn1. The molecule has 1 aromatic rings. The molecular formula is C15H27N3O. The number of hydrogen-bond acceptors (Lipinski definition) is 4. The van der Waals surface area contributed by atoms with Gasteiger partial charge in [0.2, 0.25) is 0 Å². The van der Waals surface area contributed by atoms with E-state index in [-0.39, 0.29) is 0 Å². The zero-order valence-corrected chi connectivity index (χ0v) is 12.6. The van der Waals surface area contributed by atoms with Crippen LogP contribution in [0, 0.1) is 5.92 Å². The number of hydrogen-bond donors (Lipinski definition) is 1. The van der Waals surface area contributed by atoms with Crippen LogP contribution in [0.2, 0.25) is 0 Å². The first kappa shape index (κ1) is 16.1. The molecule has 0 atom stereocenters. The number of ether oxygens (including phenoxy) is 1. The van der Waals surface area contributed by atoms with Crippen LogP contribution in [0.25, 0.3) is 0 Å². The van der Waals surface area contributed by atoms with Crippen LogP contribution in [0.1, 0.15) is 25.1 Å². The van der Waals surface area contributed by atoms with Crippen molar-refractivity contribution in [3.05, 3.63) is 29.6 Å². The second-order valence-electron chi connectivity index (χ2n) is 5.41. The summed E-state index contributed by atoms with van der Waals surface area (Å²) in [4.78, 5) is 6.71. The summed E-state index contributed by atoms with van der Waals surface area (Å²) in [6.07, 6.45) is 1.97. The predicted molar refractivity (Wildman–Crippen MR) is 79.0 cm³/mol. The maximum absolute atomic E-state index is 5.06. The van der Waals surface area contributed by atoms with Crippen molar-refractivity contribution in [2.45, 2.75) is 26.9 Å². The van der Waals surface area contributed by atoms with E-state index in [4.69, 9.17) is 4.74 Å². The van der Waals surface area contributed by atoms with Crippen LogP contribution < -0.4 is 5.32 Å². The minimum absolute atomic E-state index is 0.682. The Kier molecular flexibility index (Phi) is 7.63. The van der Waals surface area contributed by atoms with E-state index in [9.17, 15) is 0 Å². The summed E-state index contributed by atoms with van der Waals surface area (Å²) in [6, 6.07) is 4.26. The molecule has 0 saturated carbocycles. The van der Waals surface area contributed by atoms with Crippen molar-refractivity contribution in [3.8, 4) is 0 Å². The van der Waals surface area contributed by atoms with E-state index in [1.807, 2.05) is 6.20 Å². The van der Waals surface area contributed by atoms with E-state index in [0.29, 0.717) is 5.92 Å². The monoisotopic (exact) mass is 265 g/mol. The second-order valence-corrected chi connectivity index (χ2v) is 5.41. The molecule has 0 aromatic carbocycles. The fourth-order valence-corrected chi connectivity index (χ4v) is 1.76. The van der Waals surface area contributed by atoms with Crippen molar-refractivity contribution < 1.29 is 4.74 Å². The fraction of sp³-hybridized carbons (Fsp3) is 0.667. The Bertz CT molecular complexity index is 338. The highest BCUT2D eigenvalue weighted by molar-refractivity contribution is 5.13. The lowest BCUT2D eigenvalue weighted by atomic mass is 10.2. The van der Waals surface area contributed by atoms with Gasteiger partial charge in [-0.3, -0.25) is 9.88 Å². The summed E-state index contributed by atoms with van der Waals surface area (Å²) in [7, 11) is 3.81. The zero-order chi connectivity index (χ0) is 14.1. The van der Waals surface area contributed by atoms with Crippen LogP contribution in [0.3, 0.4) is 0 Å². The highest BCUT2D eigenvalue weighted by Gasteiger charge is 2.02. The van der Waals surface area contributed by atoms with Gasteiger partial charge in [0.05, 0.1) is 12.3 Å². The highest BCUT2D eigenvalue weighted by Crippen LogP contribution is 2.03. The Hall–Kier alpha value is -0.970. The van der Waals surface area contributed by atoms with Crippen LogP contribution in [0.5, 0.6) is 0 Å². The molecule has 0 aliphatic carbocycles. The van der Waals surface area contributed by atoms with Gasteiger partial charge in [0.25, 0.3) is 0 Å². The lowest BCUT2D eigenvalue weighted by Crippen LogP contribution is -2.23. The maximum atomic E-state index is 5.06. The van der Waals surface area contributed by atoms with Crippen molar-refractivity contribution in [1.29, 1.82) is 0 Å². The molecule has 0 aliphatic rings. The van der Waals surface area contributed by atoms with E-state index < -0.39 is 0 Å². The number of aromatic nitrogens is 1. The highest BCUT2D eigenvalue weighted by atomic mass is 16.5. The van der Waals surface area contributed by atoms with E-state index in [1.165, 1.54) is 5.56 Å². The Morgan fingerprint density at radius 1 is 1.37 bits per heavy atom. The zero-order valence-electron chi connectivity index (χ0n) is 12.6. The lowest BCUT2D eigenvalue weighted by molar-refractivity contribution is 0.158. The molecule has 0 fully saturated rings. The van der Waals surface area contributed by atoms with Gasteiger partial charge in [0, 0.05) is 32.9 Å². The van der Waals surface area contributed by atoms with Crippen molar-refractivity contribution in [2.24, 2.45) is 5.92 Å². The van der Waals surface area contributed by atoms with Crippen LogP contribution in [0.4, 0.5) is 0 Å². The summed E-state index contributed by atoms with van der Waals surface area (Å²) in [6.45, 7) is 8.91. The number of pyridine rings is 1. The summed E-state index contributed by atoms with van der Waals surface area (Å²) in [5.74, 6) is 0.682. The van der Waals surface area contributed by atoms with Gasteiger partial charge in [-0.2, -0.15) is 0 Å². The Morgan fingerprint density at radius 3 is 2.74 bits per heavy atom. The van der Waals surface area contributed by atoms with Crippen LogP contribution >= 0.6 is 0 Å². The molecule has 1 N–H and O–H groups in total. The van der Waals surface area contributed by atoms with Crippen LogP contribution in [-0.2, 0) is 17.8 Å². The van der Waals surface area contributed by atoms with Crippen molar-refractivity contribution in [2.75, 3.05) is 33.9 Å². The molecule has 1 aromatic heterocycles. The summed E-state index contributed by atoms with van der Waals surface area (Å²) < 4.78 is 5.06. The minimum Gasteiger partial charge on any atom is -0.383 e. The molecule has 1 heterocycles. The molecule has 0 amide bonds. The smallest absolute Gasteiger partial charge is 0.0589 e. The van der Waals surface area contributed by atoms with Gasteiger partial charge in [-0.25, -0.2) is 0 Å². The maximum Gasteiger partial charge on any atom is 0.0589 e. The number of methoxy groups -OCH3 is 1. The quantitative estimate of drug-likeness (QED) is 0.740. The molecule has 19 heavy (non-hydrogen) atoms. The molecule has 0 spiro atoms. The number of rotatable bonds is 9. The number of nitrogens with one attached hydrogen (secondary N) is 1. The molecule has 1 rings (SSSR count). The van der Waals surface area contributed by atoms with Crippen LogP contribution in [0.15, 0.2) is 18.3 Å². The average molecular weight is 265 g/mol. The normalized spacial score (nSPS) is 11.5. The Morgan fingerprint density at radius 2 is 2.16 bits per heavy atom. The largest absolute Gasteiger partial charge is 0.383 e. The van der Waals surface area contributed by atoms with E-state index in [0.717, 1.165) is 38.5 Å². The first-order valence-electron chi connectivity index (χ1n) is 6.93. The fourth-order valence-electron chi connectivity index (χ4n) is 1.76. The molecular weight excluding hydrogens is 238 g/mol. The van der Waals surface area contributed by atoms with E-state index in [1.54, 1.807) is 7.11 Å². The molecule has 0 bridgehead atoms. The number of nitrogens with zero attached hydrogens (tertiary/aromatic N) is 2. The topological polar surface area (TPSA) is 37.4 Å².